The Kier molecular flexibility index (Phi) is 4.34. The van der Waals surface area contributed by atoms with Crippen LogP contribution in [0.15, 0.2) is 28.9 Å². The van der Waals surface area contributed by atoms with Crippen molar-refractivity contribution in [2.75, 3.05) is 25.3 Å². The zero-order chi connectivity index (χ0) is 14.7. The van der Waals surface area contributed by atoms with Gasteiger partial charge in [-0.25, -0.2) is 4.98 Å². The highest BCUT2D eigenvalue weighted by atomic mass is 79.9. The number of ether oxygens (including phenoxy) is 2. The van der Waals surface area contributed by atoms with E-state index in [0.717, 1.165) is 21.5 Å². The van der Waals surface area contributed by atoms with Gasteiger partial charge in [-0.1, -0.05) is 0 Å². The minimum Gasteiger partial charge on any atom is -0.497 e. The number of nitrogens with two attached hydrogens (primary N) is 1. The number of nitrogens with one attached hydrogen (secondary N) is 1. The van der Waals surface area contributed by atoms with Crippen LogP contribution in [0.2, 0.25) is 0 Å². The number of nitrogen functional groups attached to an aromatic ring is 1. The van der Waals surface area contributed by atoms with Crippen molar-refractivity contribution >= 4 is 33.1 Å². The molecule has 0 atom stereocenters. The van der Waals surface area contributed by atoms with Crippen molar-refractivity contribution < 1.29 is 9.47 Å². The first-order valence-corrected chi connectivity index (χ1v) is 6.75. The molecule has 106 valence electrons. The fraction of sp³-hybridized carbons (Fsp3) is 0.214. The molecule has 0 saturated heterocycles. The number of halogens is 1. The number of hydrogen-bond acceptors (Lipinski definition) is 5. The highest BCUT2D eigenvalue weighted by molar-refractivity contribution is 9.10. The van der Waals surface area contributed by atoms with Gasteiger partial charge in [0.1, 0.15) is 17.3 Å². The van der Waals surface area contributed by atoms with Gasteiger partial charge in [0, 0.05) is 6.07 Å². The number of anilines is 3. The van der Waals surface area contributed by atoms with Gasteiger partial charge in [0.15, 0.2) is 0 Å². The van der Waals surface area contributed by atoms with E-state index in [9.17, 15) is 0 Å². The molecule has 0 radical (unpaired) electrons. The van der Waals surface area contributed by atoms with Crippen molar-refractivity contribution in [1.29, 1.82) is 0 Å². The Hall–Kier alpha value is -1.95. The molecule has 0 fully saturated rings. The van der Waals surface area contributed by atoms with E-state index in [2.05, 4.69) is 26.2 Å². The van der Waals surface area contributed by atoms with Gasteiger partial charge in [-0.15, -0.1) is 0 Å². The Bertz CT molecular complexity index is 632. The zero-order valence-corrected chi connectivity index (χ0v) is 13.1. The summed E-state index contributed by atoms with van der Waals surface area (Å²) in [5.74, 6) is 2.08. The molecular formula is C14H16BrN3O2. The van der Waals surface area contributed by atoms with Gasteiger partial charge in [0.25, 0.3) is 0 Å². The molecule has 2 aromatic rings. The van der Waals surface area contributed by atoms with Crippen molar-refractivity contribution in [2.24, 2.45) is 0 Å². The van der Waals surface area contributed by atoms with Crippen LogP contribution in [0.5, 0.6) is 11.5 Å². The quantitative estimate of drug-likeness (QED) is 0.893. The van der Waals surface area contributed by atoms with Crippen LogP contribution in [0.3, 0.4) is 0 Å². The van der Waals surface area contributed by atoms with Crippen molar-refractivity contribution in [2.45, 2.75) is 6.92 Å². The van der Waals surface area contributed by atoms with Gasteiger partial charge in [0.2, 0.25) is 0 Å². The number of pyridine rings is 1. The minimum absolute atomic E-state index is 0.643. The van der Waals surface area contributed by atoms with Crippen LogP contribution in [0.1, 0.15) is 5.56 Å². The van der Waals surface area contributed by atoms with Crippen LogP contribution in [0.4, 0.5) is 17.2 Å². The van der Waals surface area contributed by atoms with Crippen molar-refractivity contribution in [3.63, 3.8) is 0 Å². The average molecular weight is 338 g/mol. The normalized spacial score (nSPS) is 10.2. The van der Waals surface area contributed by atoms with Crippen LogP contribution in [-0.2, 0) is 0 Å². The second-order valence-corrected chi connectivity index (χ2v) is 4.99. The Balaban J connectivity index is 2.37. The molecule has 1 heterocycles. The highest BCUT2D eigenvalue weighted by Gasteiger charge is 2.11. The molecule has 0 bridgehead atoms. The van der Waals surface area contributed by atoms with E-state index in [1.165, 1.54) is 0 Å². The summed E-state index contributed by atoms with van der Waals surface area (Å²) in [7, 11) is 3.22. The van der Waals surface area contributed by atoms with E-state index in [1.807, 2.05) is 19.1 Å². The molecule has 1 aromatic heterocycles. The first kappa shape index (κ1) is 14.5. The number of aromatic nitrogens is 1. The van der Waals surface area contributed by atoms with Crippen molar-refractivity contribution in [3.05, 3.63) is 34.4 Å². The summed E-state index contributed by atoms with van der Waals surface area (Å²) in [6, 6.07) is 5.53. The molecule has 0 aliphatic carbocycles. The Morgan fingerprint density at radius 3 is 2.65 bits per heavy atom. The summed E-state index contributed by atoms with van der Waals surface area (Å²) in [6.45, 7) is 1.93. The predicted molar refractivity (Wildman–Crippen MR) is 83.9 cm³/mol. The van der Waals surface area contributed by atoms with E-state index in [1.54, 1.807) is 26.5 Å². The topological polar surface area (TPSA) is 69.4 Å². The lowest BCUT2D eigenvalue weighted by molar-refractivity contribution is 0.395. The number of hydrogen-bond donors (Lipinski definition) is 2. The summed E-state index contributed by atoms with van der Waals surface area (Å²) in [5.41, 5.74) is 8.19. The molecule has 0 saturated carbocycles. The Labute approximate surface area is 126 Å². The molecule has 0 aliphatic rings. The van der Waals surface area contributed by atoms with Gasteiger partial charge in [-0.05, 0) is 40.5 Å². The maximum atomic E-state index is 5.82. The average Bonchev–Trinajstić information content (AvgIpc) is 2.48. The minimum atomic E-state index is 0.643. The van der Waals surface area contributed by atoms with E-state index < -0.39 is 0 Å². The lowest BCUT2D eigenvalue weighted by atomic mass is 10.2. The molecule has 0 aliphatic heterocycles. The summed E-state index contributed by atoms with van der Waals surface area (Å²) >= 11 is 3.49. The molecular weight excluding hydrogens is 322 g/mol. The molecule has 1 aromatic carbocycles. The monoisotopic (exact) mass is 337 g/mol. The number of nitrogens with zero attached hydrogens (tertiary/aromatic N) is 1. The summed E-state index contributed by atoms with van der Waals surface area (Å²) in [4.78, 5) is 4.28. The number of benzene rings is 1. The largest absolute Gasteiger partial charge is 0.497 e. The van der Waals surface area contributed by atoms with E-state index in [-0.39, 0.29) is 0 Å². The third-order valence-corrected chi connectivity index (χ3v) is 3.93. The van der Waals surface area contributed by atoms with E-state index >= 15 is 0 Å². The standard InChI is InChI=1S/C14H16BrN3O2/c1-8-10(16)7-17-14(13(8)15)18-11-5-4-9(19-2)6-12(11)20-3/h4-7H,16H2,1-3H3,(H,17,18). The number of methoxy groups -OCH3 is 2. The zero-order valence-electron chi connectivity index (χ0n) is 11.5. The number of rotatable bonds is 4. The van der Waals surface area contributed by atoms with Gasteiger partial charge in [0.05, 0.1) is 36.3 Å². The molecule has 0 amide bonds. The van der Waals surface area contributed by atoms with Crippen LogP contribution < -0.4 is 20.5 Å². The molecule has 6 heteroatoms. The van der Waals surface area contributed by atoms with Crippen LogP contribution >= 0.6 is 15.9 Å². The van der Waals surface area contributed by atoms with E-state index in [4.69, 9.17) is 15.2 Å². The Morgan fingerprint density at radius 2 is 2.00 bits per heavy atom. The summed E-state index contributed by atoms with van der Waals surface area (Å²) in [6.07, 6.45) is 1.62. The van der Waals surface area contributed by atoms with Crippen LogP contribution in [0, 0.1) is 6.92 Å². The fourth-order valence-electron chi connectivity index (χ4n) is 1.71. The summed E-state index contributed by atoms with van der Waals surface area (Å²) in [5, 5.41) is 3.22. The molecule has 5 nitrogen and oxygen atoms in total. The first-order chi connectivity index (χ1) is 9.56. The molecule has 20 heavy (non-hydrogen) atoms. The molecule has 0 unspecified atom stereocenters. The van der Waals surface area contributed by atoms with Crippen molar-refractivity contribution in [1.82, 2.24) is 4.98 Å². The van der Waals surface area contributed by atoms with Gasteiger partial charge < -0.3 is 20.5 Å². The van der Waals surface area contributed by atoms with Gasteiger partial charge >= 0.3 is 0 Å². The third-order valence-electron chi connectivity index (χ3n) is 2.96. The molecule has 2 rings (SSSR count). The predicted octanol–water partition coefficient (Wildman–Crippen LogP) is 3.50. The lowest BCUT2D eigenvalue weighted by Crippen LogP contribution is -2.01. The van der Waals surface area contributed by atoms with Gasteiger partial charge in [-0.3, -0.25) is 0 Å². The second-order valence-electron chi connectivity index (χ2n) is 4.19. The highest BCUT2D eigenvalue weighted by Crippen LogP contribution is 2.34. The SMILES string of the molecule is COc1ccc(Nc2ncc(N)c(C)c2Br)c(OC)c1. The lowest BCUT2D eigenvalue weighted by Gasteiger charge is -2.14. The molecule has 0 spiro atoms. The first-order valence-electron chi connectivity index (χ1n) is 5.96. The van der Waals surface area contributed by atoms with E-state index in [0.29, 0.717) is 17.3 Å². The van der Waals surface area contributed by atoms with Crippen LogP contribution in [-0.4, -0.2) is 19.2 Å². The Morgan fingerprint density at radius 1 is 1.25 bits per heavy atom. The van der Waals surface area contributed by atoms with Crippen molar-refractivity contribution in [3.8, 4) is 11.5 Å². The third kappa shape index (κ3) is 2.80. The maximum Gasteiger partial charge on any atom is 0.146 e. The fourth-order valence-corrected chi connectivity index (χ4v) is 2.14. The van der Waals surface area contributed by atoms with Gasteiger partial charge in [-0.2, -0.15) is 0 Å². The maximum absolute atomic E-state index is 5.82. The molecule has 3 N–H and O–H groups in total. The summed E-state index contributed by atoms with van der Waals surface area (Å²) < 4.78 is 11.3. The second kappa shape index (κ2) is 6.00. The van der Waals surface area contributed by atoms with Crippen LogP contribution in [0.25, 0.3) is 0 Å². The smallest absolute Gasteiger partial charge is 0.146 e.